The average molecular weight is 621 g/mol. The molecule has 236 valence electrons. The Balaban J connectivity index is 1.95. The van der Waals surface area contributed by atoms with Crippen LogP contribution < -0.4 is 5.32 Å². The molecule has 15 nitrogen and oxygen atoms in total. The molecule has 1 fully saturated rings. The highest BCUT2D eigenvalue weighted by molar-refractivity contribution is 7.44. The molecule has 5 atom stereocenters. The van der Waals surface area contributed by atoms with Gasteiger partial charge in [0.25, 0.3) is 8.53 Å². The van der Waals surface area contributed by atoms with Crippen molar-refractivity contribution >= 4 is 31.4 Å². The first kappa shape index (κ1) is 34.6. The highest BCUT2D eigenvalue weighted by Gasteiger charge is 2.49. The minimum absolute atomic E-state index is 0.0507. The molecule has 1 amide bonds. The van der Waals surface area contributed by atoms with Crippen LogP contribution in [0.5, 0.6) is 0 Å². The molecule has 3 rings (SSSR count). The quantitative estimate of drug-likeness (QED) is 0.111. The Kier molecular flexibility index (Phi) is 14.1. The van der Waals surface area contributed by atoms with Crippen molar-refractivity contribution in [2.24, 2.45) is 0 Å². The fourth-order valence-corrected chi connectivity index (χ4v) is 6.41. The van der Waals surface area contributed by atoms with E-state index in [1.807, 2.05) is 13.0 Å². The lowest BCUT2D eigenvalue weighted by Crippen LogP contribution is -2.40. The van der Waals surface area contributed by atoms with Gasteiger partial charge >= 0.3 is 0 Å². The Morgan fingerprint density at radius 1 is 1.21 bits per heavy atom. The van der Waals surface area contributed by atoms with Gasteiger partial charge in [0.1, 0.15) is 38.7 Å². The molecule has 1 aliphatic heterocycles. The van der Waals surface area contributed by atoms with Gasteiger partial charge in [-0.3, -0.25) is 9.36 Å². The molecule has 1 N–H and O–H groups in total. The summed E-state index contributed by atoms with van der Waals surface area (Å²) in [5.41, 5.74) is 0.838. The average Bonchev–Trinajstić information content (AvgIpc) is 3.53. The Hall–Kier alpha value is -2.85. The van der Waals surface area contributed by atoms with E-state index in [-0.39, 0.29) is 63.6 Å². The number of imidazole rings is 1. The number of amides is 1. The summed E-state index contributed by atoms with van der Waals surface area (Å²) in [6, 6.07) is 2.22. The molecular formula is C27H41N8O7P. The minimum atomic E-state index is -1.60. The fourth-order valence-electron chi connectivity index (χ4n) is 4.65. The van der Waals surface area contributed by atoms with E-state index >= 15 is 0 Å². The second-order valence-electron chi connectivity index (χ2n) is 10.2. The molecule has 2 aromatic rings. The zero-order valence-corrected chi connectivity index (χ0v) is 26.4. The maximum absolute atomic E-state index is 11.7. The summed E-state index contributed by atoms with van der Waals surface area (Å²) in [5, 5.41) is 11.4. The molecule has 0 bridgehead atoms. The first-order chi connectivity index (χ1) is 20.7. The van der Waals surface area contributed by atoms with Crippen molar-refractivity contribution in [2.45, 2.75) is 91.0 Å². The van der Waals surface area contributed by atoms with Gasteiger partial charge in [0.2, 0.25) is 12.5 Å². The van der Waals surface area contributed by atoms with E-state index in [1.54, 1.807) is 10.9 Å². The lowest BCUT2D eigenvalue weighted by Gasteiger charge is -2.38. The second-order valence-corrected chi connectivity index (χ2v) is 11.6. The standard InChI is InChI=1S/C27H41N8O7P/c1-8-21-23(42-43(40-13-11-29-7)35(18(2)3)19(4)5)24(39-17-38-16-37-12-9-10-28)27(41-21)34-15-32-22-25(33-20(6)36)30-14-31-26(22)34/h14-15,18-19,21,23-24,27H,8-9,11-13,16-17H2,1-6H3,(H,30,31,33,36)/t21-,23+,24?,27-,43?/m1/s1. The zero-order chi connectivity index (χ0) is 31.4. The van der Waals surface area contributed by atoms with Crippen molar-refractivity contribution in [1.29, 1.82) is 5.26 Å². The number of hydrogen-bond donors (Lipinski definition) is 1. The van der Waals surface area contributed by atoms with Crippen LogP contribution in [0, 0.1) is 17.9 Å². The van der Waals surface area contributed by atoms with E-state index in [1.165, 1.54) is 13.3 Å². The maximum atomic E-state index is 11.7. The number of anilines is 1. The van der Waals surface area contributed by atoms with E-state index in [4.69, 9.17) is 39.8 Å². The first-order valence-corrected chi connectivity index (χ1v) is 15.3. The third-order valence-electron chi connectivity index (χ3n) is 6.35. The third kappa shape index (κ3) is 9.32. The van der Waals surface area contributed by atoms with E-state index in [0.717, 1.165) is 0 Å². The Morgan fingerprint density at radius 3 is 2.63 bits per heavy atom. The lowest BCUT2D eigenvalue weighted by molar-refractivity contribution is -0.173. The number of nitriles is 1. The number of aromatic nitrogens is 4. The van der Waals surface area contributed by atoms with E-state index in [9.17, 15) is 4.79 Å². The van der Waals surface area contributed by atoms with Crippen LogP contribution in [0.15, 0.2) is 12.7 Å². The number of rotatable bonds is 18. The van der Waals surface area contributed by atoms with E-state index < -0.39 is 33.1 Å². The molecule has 1 aliphatic rings. The SMILES string of the molecule is [C-]#[N+]CCOP(O[C@@H]1C(OCOCOCCC#N)[C@H](n2cnc3c(NC(C)=O)ncnc32)O[C@@H]1CC)N(C(C)C)C(C)C. The van der Waals surface area contributed by atoms with Gasteiger partial charge < -0.3 is 38.2 Å². The summed E-state index contributed by atoms with van der Waals surface area (Å²) in [6.45, 7) is 19.4. The molecular weight excluding hydrogens is 579 g/mol. The normalized spacial score (nSPS) is 21.0. The summed E-state index contributed by atoms with van der Waals surface area (Å²) < 4.78 is 40.5. The van der Waals surface area contributed by atoms with Gasteiger partial charge in [0.05, 0.1) is 31.5 Å². The zero-order valence-electron chi connectivity index (χ0n) is 25.5. The Bertz CT molecular complexity index is 1240. The van der Waals surface area contributed by atoms with Crippen LogP contribution in [-0.4, -0.2) is 93.8 Å². The predicted molar refractivity (Wildman–Crippen MR) is 157 cm³/mol. The van der Waals surface area contributed by atoms with Gasteiger partial charge in [-0.25, -0.2) is 26.2 Å². The van der Waals surface area contributed by atoms with Crippen LogP contribution >= 0.6 is 8.53 Å². The van der Waals surface area contributed by atoms with Crippen molar-refractivity contribution in [3.8, 4) is 6.07 Å². The molecule has 16 heteroatoms. The van der Waals surface area contributed by atoms with Crippen molar-refractivity contribution in [2.75, 3.05) is 38.7 Å². The minimum Gasteiger partial charge on any atom is -0.354 e. The summed E-state index contributed by atoms with van der Waals surface area (Å²) in [7, 11) is -1.60. The van der Waals surface area contributed by atoms with E-state index in [2.05, 4.69) is 57.5 Å². The highest BCUT2D eigenvalue weighted by atomic mass is 31.2. The number of nitrogens with zero attached hydrogens (tertiary/aromatic N) is 7. The van der Waals surface area contributed by atoms with Crippen LogP contribution in [0.2, 0.25) is 0 Å². The topological polar surface area (TPSA) is 159 Å². The van der Waals surface area contributed by atoms with Gasteiger partial charge in [-0.05, 0) is 34.1 Å². The van der Waals surface area contributed by atoms with E-state index in [0.29, 0.717) is 17.6 Å². The van der Waals surface area contributed by atoms with Crippen molar-refractivity contribution in [1.82, 2.24) is 24.2 Å². The summed E-state index contributed by atoms with van der Waals surface area (Å²) in [5.74, 6) is -0.00129. The molecule has 2 unspecified atom stereocenters. The monoisotopic (exact) mass is 620 g/mol. The summed E-state index contributed by atoms with van der Waals surface area (Å²) >= 11 is 0. The molecule has 2 aromatic heterocycles. The van der Waals surface area contributed by atoms with Crippen LogP contribution in [0.4, 0.5) is 5.82 Å². The summed E-state index contributed by atoms with van der Waals surface area (Å²) in [4.78, 5) is 28.2. The van der Waals surface area contributed by atoms with Gasteiger partial charge in [0.15, 0.2) is 23.2 Å². The number of fused-ring (bicyclic) bond motifs is 1. The molecule has 0 aromatic carbocycles. The van der Waals surface area contributed by atoms with Crippen molar-refractivity contribution < 1.29 is 32.8 Å². The van der Waals surface area contributed by atoms with Crippen molar-refractivity contribution in [3.05, 3.63) is 24.1 Å². The van der Waals surface area contributed by atoms with Crippen molar-refractivity contribution in [3.63, 3.8) is 0 Å². The number of nitrogens with one attached hydrogen (secondary N) is 1. The smallest absolute Gasteiger partial charge is 0.259 e. The van der Waals surface area contributed by atoms with Gasteiger partial charge in [-0.15, -0.1) is 0 Å². The molecule has 0 aliphatic carbocycles. The fraction of sp³-hybridized carbons (Fsp3) is 0.704. The lowest BCUT2D eigenvalue weighted by atomic mass is 10.1. The van der Waals surface area contributed by atoms with Crippen LogP contribution in [0.25, 0.3) is 16.0 Å². The largest absolute Gasteiger partial charge is 0.354 e. The molecule has 0 saturated carbocycles. The van der Waals surface area contributed by atoms with Crippen LogP contribution in [0.1, 0.15) is 60.6 Å². The second kappa shape index (κ2) is 17.4. The molecule has 43 heavy (non-hydrogen) atoms. The molecule has 0 spiro atoms. The summed E-state index contributed by atoms with van der Waals surface area (Å²) in [6.07, 6.45) is 1.36. The van der Waals surface area contributed by atoms with Gasteiger partial charge in [-0.2, -0.15) is 5.26 Å². The number of carbonyl (C=O) groups is 1. The number of carbonyl (C=O) groups excluding carboxylic acids is 1. The predicted octanol–water partition coefficient (Wildman–Crippen LogP) is 4.01. The van der Waals surface area contributed by atoms with Crippen LogP contribution in [0.3, 0.4) is 0 Å². The molecule has 3 heterocycles. The van der Waals surface area contributed by atoms with Crippen LogP contribution in [-0.2, 0) is 32.8 Å². The Labute approximate surface area is 253 Å². The molecule has 1 saturated heterocycles. The number of hydrogen-bond acceptors (Lipinski definition) is 12. The highest BCUT2D eigenvalue weighted by Crippen LogP contribution is 2.51. The molecule has 0 radical (unpaired) electrons. The van der Waals surface area contributed by atoms with Gasteiger partial charge in [0, 0.05) is 19.0 Å². The third-order valence-corrected chi connectivity index (χ3v) is 8.48. The first-order valence-electron chi connectivity index (χ1n) is 14.2. The Morgan fingerprint density at radius 2 is 1.98 bits per heavy atom. The maximum Gasteiger partial charge on any atom is 0.259 e. The number of ether oxygens (including phenoxy) is 4. The van der Waals surface area contributed by atoms with Gasteiger partial charge in [-0.1, -0.05) is 6.92 Å².